The van der Waals surface area contributed by atoms with Crippen molar-refractivity contribution in [2.45, 2.75) is 47.2 Å². The number of benzene rings is 4. The third kappa shape index (κ3) is 12.2. The number of nitrogens with zero attached hydrogens (tertiary/aromatic N) is 8. The van der Waals surface area contributed by atoms with Crippen molar-refractivity contribution < 1.29 is 40.0 Å². The minimum atomic E-state index is -4.46. The van der Waals surface area contributed by atoms with Crippen molar-refractivity contribution in [2.75, 3.05) is 50.8 Å². The normalized spacial score (nSPS) is 15.8. The van der Waals surface area contributed by atoms with E-state index in [4.69, 9.17) is 0 Å². The molecule has 0 radical (unpaired) electrons. The summed E-state index contributed by atoms with van der Waals surface area (Å²) >= 11 is 1.49. The molecule has 1 aliphatic heterocycles. The van der Waals surface area contributed by atoms with Gasteiger partial charge < -0.3 is 0 Å². The largest absolute Gasteiger partial charge is 0.296 e. The Morgan fingerprint density at radius 3 is 1.44 bits per heavy atom. The second-order valence-electron chi connectivity index (χ2n) is 15.0. The zero-order valence-electron chi connectivity index (χ0n) is 35.3. The summed E-state index contributed by atoms with van der Waals surface area (Å²) in [6.07, 6.45) is 2.27. The summed E-state index contributed by atoms with van der Waals surface area (Å²) < 4.78 is 88.3. The molecule has 350 valence electrons. The molecule has 1 fully saturated rings. The zero-order chi connectivity index (χ0) is 47.5. The van der Waals surface area contributed by atoms with Crippen LogP contribution in [0.4, 0.5) is 17.1 Å². The SMILES string of the molecule is O=[N+]([O-])c1ccccc1S(=O)(=O)N1CCCSCCCN(S(=O)(=O)c2ccccc2[N+](=O)[O-])CCN(Cc2ccc(CN(Cc3ccccn3)S(=O)(=O)c3ccccc3[N+](=O)[O-])cc2)CC1. The molecular formula is C42H46N8O12S4. The van der Waals surface area contributed by atoms with Gasteiger partial charge in [-0.15, -0.1) is 0 Å². The lowest BCUT2D eigenvalue weighted by molar-refractivity contribution is -0.388. The number of hydrogen-bond donors (Lipinski definition) is 0. The Morgan fingerprint density at radius 2 is 0.970 bits per heavy atom. The average Bonchev–Trinajstić information content (AvgIpc) is 3.30. The van der Waals surface area contributed by atoms with Crippen LogP contribution in [0.1, 0.15) is 29.7 Å². The van der Waals surface area contributed by atoms with Crippen molar-refractivity contribution in [1.82, 2.24) is 22.8 Å². The molecule has 1 saturated heterocycles. The molecule has 0 atom stereocenters. The van der Waals surface area contributed by atoms with Crippen LogP contribution in [0.5, 0.6) is 0 Å². The predicted molar refractivity (Wildman–Crippen MR) is 246 cm³/mol. The van der Waals surface area contributed by atoms with Crippen molar-refractivity contribution in [1.29, 1.82) is 0 Å². The second-order valence-corrected chi connectivity index (χ2v) is 21.9. The fraction of sp³-hybridized carbons (Fsp3) is 0.310. The van der Waals surface area contributed by atoms with Gasteiger partial charge in [0.2, 0.25) is 20.0 Å². The van der Waals surface area contributed by atoms with Gasteiger partial charge in [-0.2, -0.15) is 24.7 Å². The van der Waals surface area contributed by atoms with Crippen LogP contribution in [0.2, 0.25) is 0 Å². The van der Waals surface area contributed by atoms with E-state index in [1.165, 1.54) is 81.2 Å². The molecule has 5 aromatic rings. The Morgan fingerprint density at radius 1 is 0.530 bits per heavy atom. The average molecular weight is 983 g/mol. The lowest BCUT2D eigenvalue weighted by Crippen LogP contribution is -2.43. The number of pyridine rings is 1. The van der Waals surface area contributed by atoms with E-state index in [1.54, 1.807) is 42.5 Å². The van der Waals surface area contributed by atoms with Gasteiger partial charge in [0.1, 0.15) is 0 Å². The maximum Gasteiger partial charge on any atom is 0.289 e. The van der Waals surface area contributed by atoms with Gasteiger partial charge in [-0.3, -0.25) is 40.2 Å². The lowest BCUT2D eigenvalue weighted by atomic mass is 10.1. The first-order valence-electron chi connectivity index (χ1n) is 20.5. The third-order valence-corrected chi connectivity index (χ3v) is 17.5. The molecule has 0 amide bonds. The zero-order valence-corrected chi connectivity index (χ0v) is 38.6. The van der Waals surface area contributed by atoms with Gasteiger partial charge in [0, 0.05) is 76.8 Å². The molecule has 24 heteroatoms. The number of rotatable bonds is 15. The number of nitro groups is 3. The highest BCUT2D eigenvalue weighted by atomic mass is 32.2. The number of nitro benzene ring substituents is 3. The molecule has 0 N–H and O–H groups in total. The summed E-state index contributed by atoms with van der Waals surface area (Å²) in [4.78, 5) is 38.1. The first kappa shape index (κ1) is 49.7. The van der Waals surface area contributed by atoms with E-state index in [0.717, 1.165) is 22.5 Å². The van der Waals surface area contributed by atoms with Crippen LogP contribution < -0.4 is 0 Å². The molecule has 0 unspecified atom stereocenters. The van der Waals surface area contributed by atoms with Crippen LogP contribution in [0.25, 0.3) is 0 Å². The van der Waals surface area contributed by atoms with Gasteiger partial charge in [0.05, 0.1) is 27.0 Å². The highest BCUT2D eigenvalue weighted by Crippen LogP contribution is 2.31. The molecule has 0 spiro atoms. The molecule has 0 bridgehead atoms. The Bertz CT molecular complexity index is 2760. The van der Waals surface area contributed by atoms with Crippen molar-refractivity contribution >= 4 is 58.9 Å². The fourth-order valence-electron chi connectivity index (χ4n) is 7.27. The fourth-order valence-corrected chi connectivity index (χ4v) is 13.0. The Balaban J connectivity index is 1.32. The van der Waals surface area contributed by atoms with E-state index in [1.807, 2.05) is 4.90 Å². The number of para-hydroxylation sites is 3. The van der Waals surface area contributed by atoms with Crippen LogP contribution in [-0.4, -0.2) is 114 Å². The first-order chi connectivity index (χ1) is 31.5. The summed E-state index contributed by atoms with van der Waals surface area (Å²) in [6.45, 7) is -0.413. The first-order valence-corrected chi connectivity index (χ1v) is 26.0. The molecule has 2 heterocycles. The van der Waals surface area contributed by atoms with Gasteiger partial charge >= 0.3 is 0 Å². The molecular weight excluding hydrogens is 937 g/mol. The van der Waals surface area contributed by atoms with Crippen molar-refractivity contribution in [3.8, 4) is 0 Å². The van der Waals surface area contributed by atoms with Gasteiger partial charge in [-0.1, -0.05) is 66.7 Å². The highest BCUT2D eigenvalue weighted by Gasteiger charge is 2.35. The number of thioether (sulfide) groups is 1. The summed E-state index contributed by atoms with van der Waals surface area (Å²) in [5.74, 6) is 0.997. The Hall–Kier alpha value is -5.73. The minimum absolute atomic E-state index is 0.0279. The lowest BCUT2D eigenvalue weighted by Gasteiger charge is -2.30. The van der Waals surface area contributed by atoms with Crippen molar-refractivity contribution in [3.05, 3.63) is 169 Å². The molecule has 0 saturated carbocycles. The van der Waals surface area contributed by atoms with Gasteiger partial charge in [0.25, 0.3) is 27.1 Å². The van der Waals surface area contributed by atoms with E-state index in [0.29, 0.717) is 41.2 Å². The molecule has 6 rings (SSSR count). The van der Waals surface area contributed by atoms with Gasteiger partial charge in [-0.05, 0) is 65.8 Å². The van der Waals surface area contributed by atoms with Crippen LogP contribution in [0, 0.1) is 30.3 Å². The molecule has 1 aromatic heterocycles. The number of hydrogen-bond acceptors (Lipinski definition) is 15. The topological polar surface area (TPSA) is 258 Å². The predicted octanol–water partition coefficient (Wildman–Crippen LogP) is 5.91. The van der Waals surface area contributed by atoms with E-state index < -0.39 is 76.6 Å². The standard InChI is InChI=1S/C42H46N8O12S4/c51-48(52)37-12-1-4-15-40(37)64(57,58)45-23-9-29-63-30-10-24-46(65(59,60)41-16-5-2-13-38(41)49(53)54)28-26-44(25-27-45)31-34-18-20-35(21-19-34)32-47(33-36-11-7-8-22-43-36)66(61,62)42-17-6-3-14-39(42)50(55)56/h1-8,11-22H,9-10,23-33H2. The van der Waals surface area contributed by atoms with Crippen LogP contribution >= 0.6 is 11.8 Å². The monoisotopic (exact) mass is 982 g/mol. The minimum Gasteiger partial charge on any atom is -0.296 e. The highest BCUT2D eigenvalue weighted by molar-refractivity contribution is 7.99. The van der Waals surface area contributed by atoms with E-state index in [-0.39, 0.29) is 58.9 Å². The number of aromatic nitrogens is 1. The van der Waals surface area contributed by atoms with Crippen LogP contribution in [-0.2, 0) is 49.7 Å². The second kappa shape index (κ2) is 22.2. The molecule has 66 heavy (non-hydrogen) atoms. The molecule has 4 aromatic carbocycles. The summed E-state index contributed by atoms with van der Waals surface area (Å²) in [6, 6.07) is 27.0. The summed E-state index contributed by atoms with van der Waals surface area (Å²) in [7, 11) is -13.3. The van der Waals surface area contributed by atoms with E-state index >= 15 is 0 Å². The van der Waals surface area contributed by atoms with Crippen molar-refractivity contribution in [3.63, 3.8) is 0 Å². The van der Waals surface area contributed by atoms with Gasteiger partial charge in [0.15, 0.2) is 14.7 Å². The summed E-state index contributed by atoms with van der Waals surface area (Å²) in [5, 5.41) is 35.7. The quantitative estimate of drug-likeness (QED) is 0.0873. The van der Waals surface area contributed by atoms with E-state index in [2.05, 4.69) is 4.98 Å². The van der Waals surface area contributed by atoms with Crippen LogP contribution in [0.3, 0.4) is 0 Å². The maximum atomic E-state index is 14.2. The number of sulfonamides is 3. The Labute approximate surface area is 386 Å². The smallest absolute Gasteiger partial charge is 0.289 e. The van der Waals surface area contributed by atoms with Crippen LogP contribution in [0.15, 0.2) is 136 Å². The molecule has 1 aliphatic rings. The summed E-state index contributed by atoms with van der Waals surface area (Å²) in [5.41, 5.74) is -0.168. The van der Waals surface area contributed by atoms with E-state index in [9.17, 15) is 55.6 Å². The maximum absolute atomic E-state index is 14.2. The van der Waals surface area contributed by atoms with Crippen molar-refractivity contribution in [2.24, 2.45) is 0 Å². The molecule has 0 aliphatic carbocycles. The Kier molecular flexibility index (Phi) is 16.7. The molecule has 20 nitrogen and oxygen atoms in total. The third-order valence-electron chi connectivity index (χ3n) is 10.6. The van der Waals surface area contributed by atoms with Gasteiger partial charge in [-0.25, -0.2) is 25.3 Å².